The number of aromatic nitrogens is 1. The van der Waals surface area contributed by atoms with Crippen LogP contribution in [0.2, 0.25) is 0 Å². The van der Waals surface area contributed by atoms with Crippen LogP contribution in [0.25, 0.3) is 0 Å². The predicted molar refractivity (Wildman–Crippen MR) is 79.6 cm³/mol. The fourth-order valence-corrected chi connectivity index (χ4v) is 2.27. The number of carbonyl (C=O) groups excluding carboxylic acids is 1. The summed E-state index contributed by atoms with van der Waals surface area (Å²) in [5.41, 5.74) is -0.577. The summed E-state index contributed by atoms with van der Waals surface area (Å²) in [5, 5.41) is 2.52. The molecule has 6 nitrogen and oxygen atoms in total. The monoisotopic (exact) mass is 294 g/mol. The lowest BCUT2D eigenvalue weighted by molar-refractivity contribution is 0.0633. The fraction of sp³-hybridized carbons (Fsp3) is 0.600. The summed E-state index contributed by atoms with van der Waals surface area (Å²) in [5.74, 6) is 0. The number of amides is 1. The zero-order valence-electron chi connectivity index (χ0n) is 12.7. The van der Waals surface area contributed by atoms with Gasteiger partial charge < -0.3 is 14.0 Å². The zero-order valence-corrected chi connectivity index (χ0v) is 12.7. The van der Waals surface area contributed by atoms with Gasteiger partial charge in [0.1, 0.15) is 11.3 Å². The lowest BCUT2D eigenvalue weighted by atomic mass is 10.1. The molecule has 116 valence electrons. The summed E-state index contributed by atoms with van der Waals surface area (Å²) in [6, 6.07) is 3.46. The molecule has 0 bridgehead atoms. The lowest BCUT2D eigenvalue weighted by Gasteiger charge is -2.24. The molecule has 1 N–H and O–H groups in total. The number of nitrogens with zero attached hydrogens (tertiary/aromatic N) is 1. The van der Waals surface area contributed by atoms with E-state index < -0.39 is 11.7 Å². The normalized spacial score (nSPS) is 16.5. The van der Waals surface area contributed by atoms with Gasteiger partial charge in [0.2, 0.25) is 0 Å². The van der Waals surface area contributed by atoms with Crippen LogP contribution in [0.5, 0.6) is 0 Å². The molecule has 1 aliphatic rings. The second kappa shape index (κ2) is 6.30. The van der Waals surface area contributed by atoms with E-state index in [0.717, 1.165) is 12.8 Å². The van der Waals surface area contributed by atoms with Gasteiger partial charge in [0.25, 0.3) is 5.56 Å². The smallest absolute Gasteiger partial charge is 0.412 e. The van der Waals surface area contributed by atoms with Crippen LogP contribution in [0.1, 0.15) is 39.7 Å². The van der Waals surface area contributed by atoms with E-state index in [2.05, 4.69) is 5.32 Å². The Hall–Kier alpha value is -1.82. The van der Waals surface area contributed by atoms with Gasteiger partial charge >= 0.3 is 6.09 Å². The Morgan fingerprint density at radius 1 is 1.38 bits per heavy atom. The van der Waals surface area contributed by atoms with Crippen molar-refractivity contribution in [2.24, 2.45) is 0 Å². The molecule has 0 aromatic carbocycles. The SMILES string of the molecule is CC(C)(C)OC(=O)Nc1cccn(C2CCOCC2)c1=O. The molecule has 0 unspecified atom stereocenters. The molecule has 0 spiro atoms. The lowest BCUT2D eigenvalue weighted by Crippen LogP contribution is -2.33. The first-order chi connectivity index (χ1) is 9.87. The molecular formula is C15H22N2O4. The second-order valence-electron chi connectivity index (χ2n) is 6.10. The van der Waals surface area contributed by atoms with Gasteiger partial charge in [-0.2, -0.15) is 0 Å². The number of hydrogen-bond donors (Lipinski definition) is 1. The van der Waals surface area contributed by atoms with Crippen molar-refractivity contribution in [2.75, 3.05) is 18.5 Å². The summed E-state index contributed by atoms with van der Waals surface area (Å²) in [6.45, 7) is 6.63. The molecule has 1 fully saturated rings. The molecule has 0 atom stereocenters. The Kier molecular flexibility index (Phi) is 4.67. The first kappa shape index (κ1) is 15.6. The van der Waals surface area contributed by atoms with Gasteiger partial charge in [0.15, 0.2) is 0 Å². The maximum Gasteiger partial charge on any atom is 0.412 e. The standard InChI is InChI=1S/C15H22N2O4/c1-15(2,3)21-14(19)16-12-5-4-8-17(13(12)18)11-6-9-20-10-7-11/h4-5,8,11H,6-7,9-10H2,1-3H3,(H,16,19). The molecule has 6 heteroatoms. The maximum absolute atomic E-state index is 12.4. The van der Waals surface area contributed by atoms with Crippen LogP contribution < -0.4 is 10.9 Å². The summed E-state index contributed by atoms with van der Waals surface area (Å²) >= 11 is 0. The van der Waals surface area contributed by atoms with Crippen molar-refractivity contribution in [2.45, 2.75) is 45.3 Å². The molecule has 1 aliphatic heterocycles. The van der Waals surface area contributed by atoms with Crippen LogP contribution in [0.3, 0.4) is 0 Å². The minimum absolute atomic E-state index is 0.117. The number of nitrogens with one attached hydrogen (secondary N) is 1. The van der Waals surface area contributed by atoms with Gasteiger partial charge in [0.05, 0.1) is 0 Å². The highest BCUT2D eigenvalue weighted by atomic mass is 16.6. The van der Waals surface area contributed by atoms with Crippen molar-refractivity contribution in [1.82, 2.24) is 4.57 Å². The number of pyridine rings is 1. The first-order valence-electron chi connectivity index (χ1n) is 7.16. The number of carbonyl (C=O) groups is 1. The Morgan fingerprint density at radius 3 is 2.67 bits per heavy atom. The Morgan fingerprint density at radius 2 is 2.05 bits per heavy atom. The van der Waals surface area contributed by atoms with E-state index >= 15 is 0 Å². The minimum Gasteiger partial charge on any atom is -0.444 e. The van der Waals surface area contributed by atoms with Crippen LogP contribution >= 0.6 is 0 Å². The van der Waals surface area contributed by atoms with Crippen LogP contribution in [0.4, 0.5) is 10.5 Å². The van der Waals surface area contributed by atoms with Crippen molar-refractivity contribution in [3.05, 3.63) is 28.7 Å². The number of anilines is 1. The summed E-state index contributed by atoms with van der Waals surface area (Å²) in [6.07, 6.45) is 2.73. The first-order valence-corrected chi connectivity index (χ1v) is 7.16. The summed E-state index contributed by atoms with van der Waals surface area (Å²) in [4.78, 5) is 24.2. The van der Waals surface area contributed by atoms with E-state index in [9.17, 15) is 9.59 Å². The highest BCUT2D eigenvalue weighted by molar-refractivity contribution is 5.84. The largest absolute Gasteiger partial charge is 0.444 e. The van der Waals surface area contributed by atoms with E-state index in [4.69, 9.17) is 9.47 Å². The molecular weight excluding hydrogens is 272 g/mol. The van der Waals surface area contributed by atoms with Crippen molar-refractivity contribution < 1.29 is 14.3 Å². The van der Waals surface area contributed by atoms with Crippen molar-refractivity contribution >= 4 is 11.8 Å². The highest BCUT2D eigenvalue weighted by Crippen LogP contribution is 2.19. The molecule has 0 radical (unpaired) electrons. The third kappa shape index (κ3) is 4.32. The predicted octanol–water partition coefficient (Wildman–Crippen LogP) is 2.55. The average molecular weight is 294 g/mol. The maximum atomic E-state index is 12.4. The number of hydrogen-bond acceptors (Lipinski definition) is 4. The molecule has 1 saturated heterocycles. The van der Waals surface area contributed by atoms with Crippen LogP contribution in [0.15, 0.2) is 23.1 Å². The third-order valence-corrected chi connectivity index (χ3v) is 3.19. The third-order valence-electron chi connectivity index (χ3n) is 3.19. The van der Waals surface area contributed by atoms with Gasteiger partial charge in [0, 0.05) is 25.5 Å². The van der Waals surface area contributed by atoms with E-state index in [1.807, 2.05) is 0 Å². The van der Waals surface area contributed by atoms with Gasteiger partial charge in [-0.25, -0.2) is 4.79 Å². The fourth-order valence-electron chi connectivity index (χ4n) is 2.27. The second-order valence-corrected chi connectivity index (χ2v) is 6.10. The summed E-state index contributed by atoms with van der Waals surface area (Å²) in [7, 11) is 0. The van der Waals surface area contributed by atoms with Crippen molar-refractivity contribution in [3.8, 4) is 0 Å². The van der Waals surface area contributed by atoms with Crippen LogP contribution in [0, 0.1) is 0 Å². The molecule has 0 saturated carbocycles. The summed E-state index contributed by atoms with van der Waals surface area (Å²) < 4.78 is 12.1. The molecule has 2 rings (SSSR count). The van der Waals surface area contributed by atoms with Crippen LogP contribution in [-0.2, 0) is 9.47 Å². The molecule has 2 heterocycles. The van der Waals surface area contributed by atoms with Gasteiger partial charge in [-0.15, -0.1) is 0 Å². The Balaban J connectivity index is 2.14. The zero-order chi connectivity index (χ0) is 15.5. The molecule has 21 heavy (non-hydrogen) atoms. The number of rotatable bonds is 2. The quantitative estimate of drug-likeness (QED) is 0.910. The van der Waals surface area contributed by atoms with E-state index in [-0.39, 0.29) is 17.3 Å². The number of ether oxygens (including phenoxy) is 2. The molecule has 0 aliphatic carbocycles. The van der Waals surface area contributed by atoms with Gasteiger partial charge in [-0.05, 0) is 45.7 Å². The Bertz CT molecular complexity index is 554. The van der Waals surface area contributed by atoms with E-state index in [0.29, 0.717) is 13.2 Å². The van der Waals surface area contributed by atoms with Gasteiger partial charge in [-0.1, -0.05) is 0 Å². The Labute approximate surface area is 124 Å². The van der Waals surface area contributed by atoms with E-state index in [1.54, 1.807) is 43.7 Å². The molecule has 1 amide bonds. The van der Waals surface area contributed by atoms with Gasteiger partial charge in [-0.3, -0.25) is 10.1 Å². The highest BCUT2D eigenvalue weighted by Gasteiger charge is 2.20. The van der Waals surface area contributed by atoms with Crippen molar-refractivity contribution in [1.29, 1.82) is 0 Å². The van der Waals surface area contributed by atoms with Crippen molar-refractivity contribution in [3.63, 3.8) is 0 Å². The van der Waals surface area contributed by atoms with Crippen LogP contribution in [-0.4, -0.2) is 29.5 Å². The molecule has 1 aromatic rings. The topological polar surface area (TPSA) is 69.6 Å². The average Bonchev–Trinajstić information content (AvgIpc) is 2.40. The minimum atomic E-state index is -0.621. The van der Waals surface area contributed by atoms with E-state index in [1.165, 1.54) is 0 Å². The molecule has 1 aromatic heterocycles.